The fourth-order valence-electron chi connectivity index (χ4n) is 2.89. The fraction of sp³-hybridized carbons (Fsp3) is 0.0476. The first-order valence-corrected chi connectivity index (χ1v) is 9.10. The van der Waals surface area contributed by atoms with Gasteiger partial charge >= 0.3 is 0 Å². The number of carbonyl (C=O) groups excluding carboxylic acids is 1. The van der Waals surface area contributed by atoms with Gasteiger partial charge in [0, 0.05) is 11.3 Å². The number of hydrogen-bond acceptors (Lipinski definition) is 6. The summed E-state index contributed by atoms with van der Waals surface area (Å²) in [5.41, 5.74) is 1.90. The molecule has 0 saturated heterocycles. The van der Waals surface area contributed by atoms with Crippen LogP contribution in [0.15, 0.2) is 71.5 Å². The number of hydrogen-bond donors (Lipinski definition) is 2. The zero-order chi connectivity index (χ0) is 20.2. The van der Waals surface area contributed by atoms with Crippen molar-refractivity contribution in [1.29, 1.82) is 0 Å². The molecule has 2 N–H and O–H groups in total. The number of amides is 1. The predicted molar refractivity (Wildman–Crippen MR) is 114 cm³/mol. The Labute approximate surface area is 171 Å². The molecule has 0 radical (unpaired) electrons. The molecule has 0 atom stereocenters. The Kier molecular flexibility index (Phi) is 5.17. The molecule has 0 spiro atoms. The predicted octanol–water partition coefficient (Wildman–Crippen LogP) is 4.03. The number of aromatic nitrogens is 2. The van der Waals surface area contributed by atoms with Gasteiger partial charge in [0.25, 0.3) is 5.91 Å². The van der Waals surface area contributed by atoms with E-state index in [0.717, 1.165) is 16.3 Å². The van der Waals surface area contributed by atoms with Gasteiger partial charge in [0.15, 0.2) is 5.11 Å². The van der Waals surface area contributed by atoms with E-state index in [2.05, 4.69) is 20.8 Å². The van der Waals surface area contributed by atoms with Crippen LogP contribution in [0, 0.1) is 0 Å². The van der Waals surface area contributed by atoms with Crippen LogP contribution in [-0.2, 0) is 0 Å². The quantitative estimate of drug-likeness (QED) is 0.497. The van der Waals surface area contributed by atoms with Crippen molar-refractivity contribution in [3.05, 3.63) is 72.6 Å². The second-order valence-electron chi connectivity index (χ2n) is 6.13. The van der Waals surface area contributed by atoms with E-state index in [1.54, 1.807) is 18.2 Å². The Bertz CT molecular complexity index is 1170. The molecule has 0 bridgehead atoms. The average molecular weight is 404 g/mol. The number of ether oxygens (including phenoxy) is 1. The van der Waals surface area contributed by atoms with E-state index in [0.29, 0.717) is 22.9 Å². The number of methoxy groups -OCH3 is 1. The molecule has 1 amide bonds. The second-order valence-corrected chi connectivity index (χ2v) is 6.54. The van der Waals surface area contributed by atoms with Gasteiger partial charge in [0.1, 0.15) is 5.75 Å². The number of fused-ring (bicyclic) bond motifs is 1. The van der Waals surface area contributed by atoms with Gasteiger partial charge in [-0.15, -0.1) is 10.2 Å². The van der Waals surface area contributed by atoms with Crippen molar-refractivity contribution in [2.45, 2.75) is 0 Å². The molecule has 0 aliphatic rings. The Morgan fingerprint density at radius 2 is 1.79 bits per heavy atom. The second kappa shape index (κ2) is 8.07. The highest BCUT2D eigenvalue weighted by Crippen LogP contribution is 2.26. The Balaban J connectivity index is 1.47. The minimum atomic E-state index is -0.354. The first-order chi connectivity index (χ1) is 14.1. The molecule has 3 aromatic carbocycles. The van der Waals surface area contributed by atoms with Gasteiger partial charge in [-0.05, 0) is 59.4 Å². The number of carbonyl (C=O) groups is 1. The van der Waals surface area contributed by atoms with Crippen molar-refractivity contribution in [3.8, 4) is 17.2 Å². The molecule has 0 fully saturated rings. The minimum Gasteiger partial charge on any atom is -0.496 e. The zero-order valence-electron chi connectivity index (χ0n) is 15.4. The monoisotopic (exact) mass is 404 g/mol. The molecule has 144 valence electrons. The van der Waals surface area contributed by atoms with Crippen LogP contribution in [0.1, 0.15) is 10.4 Å². The smallest absolute Gasteiger partial charge is 0.261 e. The van der Waals surface area contributed by atoms with Gasteiger partial charge in [-0.2, -0.15) is 0 Å². The van der Waals surface area contributed by atoms with E-state index < -0.39 is 0 Å². The maximum absolute atomic E-state index is 12.7. The van der Waals surface area contributed by atoms with Crippen LogP contribution < -0.4 is 15.4 Å². The Hall–Kier alpha value is -3.78. The molecule has 8 heteroatoms. The largest absolute Gasteiger partial charge is 0.496 e. The molecular weight excluding hydrogens is 388 g/mol. The summed E-state index contributed by atoms with van der Waals surface area (Å²) in [5, 5.41) is 15.3. The molecule has 0 aliphatic heterocycles. The molecule has 1 heterocycles. The fourth-order valence-corrected chi connectivity index (χ4v) is 3.10. The summed E-state index contributed by atoms with van der Waals surface area (Å²) in [6.07, 6.45) is 1.27. The SMILES string of the molecule is COc1cc2ccccc2cc1C(=O)NC(=S)Nc1ccc(-c2nnco2)cc1. The van der Waals surface area contributed by atoms with Crippen LogP contribution in [0.5, 0.6) is 5.75 Å². The van der Waals surface area contributed by atoms with Gasteiger partial charge in [-0.25, -0.2) is 0 Å². The lowest BCUT2D eigenvalue weighted by Gasteiger charge is -2.13. The molecule has 0 unspecified atom stereocenters. The highest BCUT2D eigenvalue weighted by Gasteiger charge is 2.15. The highest BCUT2D eigenvalue weighted by atomic mass is 32.1. The van der Waals surface area contributed by atoms with Crippen LogP contribution in [0.3, 0.4) is 0 Å². The number of rotatable bonds is 4. The van der Waals surface area contributed by atoms with E-state index in [1.807, 2.05) is 42.5 Å². The van der Waals surface area contributed by atoms with Crippen molar-refractivity contribution in [1.82, 2.24) is 15.5 Å². The number of anilines is 1. The summed E-state index contributed by atoms with van der Waals surface area (Å²) >= 11 is 5.28. The van der Waals surface area contributed by atoms with E-state index in [-0.39, 0.29) is 11.0 Å². The number of nitrogens with zero attached hydrogens (tertiary/aromatic N) is 2. The van der Waals surface area contributed by atoms with Crippen LogP contribution in [0.25, 0.3) is 22.2 Å². The third kappa shape index (κ3) is 4.07. The maximum atomic E-state index is 12.7. The summed E-state index contributed by atoms with van der Waals surface area (Å²) in [7, 11) is 1.53. The third-order valence-corrected chi connectivity index (χ3v) is 4.49. The first-order valence-electron chi connectivity index (χ1n) is 8.70. The van der Waals surface area contributed by atoms with Crippen molar-refractivity contribution in [2.24, 2.45) is 0 Å². The minimum absolute atomic E-state index is 0.177. The van der Waals surface area contributed by atoms with E-state index in [4.69, 9.17) is 21.4 Å². The standard InChI is InChI=1S/C21H16N4O3S/c1-27-18-11-15-5-3-2-4-14(15)10-17(18)19(26)24-21(29)23-16-8-6-13(7-9-16)20-25-22-12-28-20/h2-12H,1H3,(H2,23,24,26,29). The van der Waals surface area contributed by atoms with E-state index in [1.165, 1.54) is 13.5 Å². The molecule has 1 aromatic heterocycles. The normalized spacial score (nSPS) is 10.5. The lowest BCUT2D eigenvalue weighted by molar-refractivity contribution is 0.0975. The summed E-state index contributed by atoms with van der Waals surface area (Å²) in [6.45, 7) is 0. The Morgan fingerprint density at radius 1 is 1.07 bits per heavy atom. The summed E-state index contributed by atoms with van der Waals surface area (Å²) in [5.74, 6) is 0.552. The van der Waals surface area contributed by atoms with Gasteiger partial charge < -0.3 is 14.5 Å². The van der Waals surface area contributed by atoms with Crippen molar-refractivity contribution in [2.75, 3.05) is 12.4 Å². The third-order valence-electron chi connectivity index (χ3n) is 4.29. The zero-order valence-corrected chi connectivity index (χ0v) is 16.2. The summed E-state index contributed by atoms with van der Waals surface area (Å²) in [6, 6.07) is 18.6. The van der Waals surface area contributed by atoms with Crippen molar-refractivity contribution >= 4 is 39.7 Å². The first kappa shape index (κ1) is 18.6. The molecular formula is C21H16N4O3S. The Morgan fingerprint density at radius 3 is 2.45 bits per heavy atom. The molecule has 4 aromatic rings. The summed E-state index contributed by atoms with van der Waals surface area (Å²) < 4.78 is 10.5. The average Bonchev–Trinajstić information content (AvgIpc) is 3.28. The molecule has 7 nitrogen and oxygen atoms in total. The molecule has 0 aliphatic carbocycles. The lowest BCUT2D eigenvalue weighted by atomic mass is 10.1. The molecule has 29 heavy (non-hydrogen) atoms. The van der Waals surface area contributed by atoms with Gasteiger partial charge in [-0.3, -0.25) is 10.1 Å². The molecule has 0 saturated carbocycles. The number of nitrogens with one attached hydrogen (secondary N) is 2. The van der Waals surface area contributed by atoms with Crippen LogP contribution in [0.2, 0.25) is 0 Å². The number of benzene rings is 3. The van der Waals surface area contributed by atoms with Crippen LogP contribution >= 0.6 is 12.2 Å². The molecule has 4 rings (SSSR count). The lowest BCUT2D eigenvalue weighted by Crippen LogP contribution is -2.34. The topological polar surface area (TPSA) is 89.3 Å². The van der Waals surface area contributed by atoms with Crippen molar-refractivity contribution in [3.63, 3.8) is 0 Å². The van der Waals surface area contributed by atoms with Crippen LogP contribution in [-0.4, -0.2) is 28.3 Å². The van der Waals surface area contributed by atoms with E-state index in [9.17, 15) is 4.79 Å². The van der Waals surface area contributed by atoms with Crippen molar-refractivity contribution < 1.29 is 13.9 Å². The number of thiocarbonyl (C=S) groups is 1. The van der Waals surface area contributed by atoms with Gasteiger partial charge in [0.05, 0.1) is 12.7 Å². The van der Waals surface area contributed by atoms with Gasteiger partial charge in [0.2, 0.25) is 12.3 Å². The van der Waals surface area contributed by atoms with Crippen LogP contribution in [0.4, 0.5) is 5.69 Å². The summed E-state index contributed by atoms with van der Waals surface area (Å²) in [4.78, 5) is 12.7. The maximum Gasteiger partial charge on any atom is 0.261 e. The highest BCUT2D eigenvalue weighted by molar-refractivity contribution is 7.80. The van der Waals surface area contributed by atoms with Gasteiger partial charge in [-0.1, -0.05) is 24.3 Å². The van der Waals surface area contributed by atoms with E-state index >= 15 is 0 Å².